The van der Waals surface area contributed by atoms with Crippen molar-refractivity contribution in [1.29, 1.82) is 0 Å². The van der Waals surface area contributed by atoms with Crippen molar-refractivity contribution < 1.29 is 24.1 Å². The van der Waals surface area contributed by atoms with Gasteiger partial charge in [0.2, 0.25) is 0 Å². The van der Waals surface area contributed by atoms with Crippen LogP contribution in [0.25, 0.3) is 0 Å². The Balaban J connectivity index is 1.86. The van der Waals surface area contributed by atoms with E-state index in [-0.39, 0.29) is 19.2 Å². The van der Waals surface area contributed by atoms with E-state index in [0.717, 1.165) is 22.4 Å². The third-order valence-electron chi connectivity index (χ3n) is 6.22. The van der Waals surface area contributed by atoms with Crippen molar-refractivity contribution in [2.24, 2.45) is 0 Å². The molecule has 0 aliphatic heterocycles. The summed E-state index contributed by atoms with van der Waals surface area (Å²) in [5.41, 5.74) is 1.55. The lowest BCUT2D eigenvalue weighted by Gasteiger charge is -2.26. The van der Waals surface area contributed by atoms with Crippen LogP contribution in [0.4, 0.5) is 0 Å². The molecule has 1 aliphatic carbocycles. The van der Waals surface area contributed by atoms with Crippen LogP contribution in [-0.4, -0.2) is 38.5 Å². The molecule has 2 atom stereocenters. The summed E-state index contributed by atoms with van der Waals surface area (Å²) in [6, 6.07) is 25.5. The first-order valence-electron chi connectivity index (χ1n) is 10.2. The van der Waals surface area contributed by atoms with Gasteiger partial charge in [0.15, 0.2) is 0 Å². The topological polar surface area (TPSA) is 65.0 Å². The molecule has 160 valence electrons. The van der Waals surface area contributed by atoms with E-state index in [1.165, 1.54) is 7.11 Å². The van der Waals surface area contributed by atoms with Gasteiger partial charge in [-0.3, -0.25) is 4.79 Å². The molecule has 0 heterocycles. The second-order valence-electron chi connectivity index (χ2n) is 7.67. The fourth-order valence-electron chi connectivity index (χ4n) is 4.70. The molecule has 0 bridgehead atoms. The van der Waals surface area contributed by atoms with Crippen molar-refractivity contribution in [3.63, 3.8) is 0 Å². The highest BCUT2D eigenvalue weighted by molar-refractivity contribution is 5.93. The molecule has 1 fully saturated rings. The van der Waals surface area contributed by atoms with Gasteiger partial charge < -0.3 is 19.3 Å². The number of aliphatic hydroxyl groups excluding tert-OH is 1. The van der Waals surface area contributed by atoms with Gasteiger partial charge >= 0.3 is 5.97 Å². The minimum absolute atomic E-state index is 0.0430. The predicted molar refractivity (Wildman–Crippen MR) is 118 cm³/mol. The van der Waals surface area contributed by atoms with E-state index >= 15 is 0 Å². The molecule has 0 aromatic heterocycles. The van der Waals surface area contributed by atoms with E-state index in [4.69, 9.17) is 19.3 Å². The van der Waals surface area contributed by atoms with Gasteiger partial charge in [0.25, 0.3) is 0 Å². The first-order chi connectivity index (χ1) is 15.1. The number of esters is 1. The van der Waals surface area contributed by atoms with Gasteiger partial charge in [-0.25, -0.2) is 0 Å². The Morgan fingerprint density at radius 3 is 2.00 bits per heavy atom. The second kappa shape index (κ2) is 8.44. The van der Waals surface area contributed by atoms with E-state index < -0.39 is 10.8 Å². The lowest BCUT2D eigenvalue weighted by atomic mass is 9.77. The number of carbonyl (C=O) groups excluding carboxylic acids is 1. The largest absolute Gasteiger partial charge is 0.497 e. The second-order valence-corrected chi connectivity index (χ2v) is 7.67. The summed E-state index contributed by atoms with van der Waals surface area (Å²) in [4.78, 5) is 13.3. The molecule has 0 spiro atoms. The number of aliphatic hydroxyl groups is 1. The molecule has 5 heteroatoms. The summed E-state index contributed by atoms with van der Waals surface area (Å²) in [6.07, 6.45) is 0.597. The number of hydrogen-bond acceptors (Lipinski definition) is 5. The summed E-state index contributed by atoms with van der Waals surface area (Å²) in [5, 5.41) is 9.01. The monoisotopic (exact) mass is 418 g/mol. The number of ether oxygens (including phenoxy) is 3. The highest BCUT2D eigenvalue weighted by atomic mass is 16.5. The molecule has 3 aromatic rings. The van der Waals surface area contributed by atoms with Gasteiger partial charge in [-0.05, 0) is 47.4 Å². The third kappa shape index (κ3) is 3.35. The fourth-order valence-corrected chi connectivity index (χ4v) is 4.70. The standard InChI is InChI=1S/C26H26O5/c1-29-22-12-8-21(9-13-22)26(24(28)30-2)18-25(26,19-6-4-3-5-7-19)20-10-14-23(15-11-20)31-17-16-27/h3-15,27H,16-18H2,1-2H3/t25-,26+/m1/s1. The van der Waals surface area contributed by atoms with Crippen LogP contribution in [0.1, 0.15) is 23.1 Å². The van der Waals surface area contributed by atoms with Crippen LogP contribution < -0.4 is 9.47 Å². The molecule has 0 unspecified atom stereocenters. The summed E-state index contributed by atoms with van der Waals surface area (Å²) in [5.74, 6) is 1.15. The highest BCUT2D eigenvalue weighted by Gasteiger charge is 2.74. The van der Waals surface area contributed by atoms with Gasteiger partial charge in [0.05, 0.1) is 20.8 Å². The molecule has 5 nitrogen and oxygen atoms in total. The summed E-state index contributed by atoms with van der Waals surface area (Å²) >= 11 is 0. The molecule has 4 rings (SSSR count). The van der Waals surface area contributed by atoms with Crippen LogP contribution in [0.15, 0.2) is 78.9 Å². The number of methoxy groups -OCH3 is 2. The first-order valence-corrected chi connectivity index (χ1v) is 10.2. The SMILES string of the molecule is COC(=O)[C@@]1(c2ccc(OC)cc2)C[C@@]1(c1ccccc1)c1ccc(OCCO)cc1. The summed E-state index contributed by atoms with van der Waals surface area (Å²) in [6.45, 7) is 0.194. The zero-order valence-corrected chi connectivity index (χ0v) is 17.7. The quantitative estimate of drug-likeness (QED) is 0.563. The molecule has 31 heavy (non-hydrogen) atoms. The molecular formula is C26H26O5. The Morgan fingerprint density at radius 1 is 0.839 bits per heavy atom. The number of carbonyl (C=O) groups is 1. The van der Waals surface area contributed by atoms with Crippen LogP contribution in [-0.2, 0) is 20.4 Å². The van der Waals surface area contributed by atoms with Crippen molar-refractivity contribution in [3.05, 3.63) is 95.6 Å². The molecule has 1 saturated carbocycles. The molecule has 1 aliphatic rings. The third-order valence-corrected chi connectivity index (χ3v) is 6.22. The van der Waals surface area contributed by atoms with Crippen molar-refractivity contribution in [2.75, 3.05) is 27.4 Å². The minimum Gasteiger partial charge on any atom is -0.497 e. The van der Waals surface area contributed by atoms with Gasteiger partial charge in [0.1, 0.15) is 23.5 Å². The Kier molecular flexibility index (Phi) is 5.70. The molecule has 0 radical (unpaired) electrons. The maximum atomic E-state index is 13.3. The summed E-state index contributed by atoms with van der Waals surface area (Å²) < 4.78 is 16.2. The van der Waals surface area contributed by atoms with Crippen LogP contribution >= 0.6 is 0 Å². The average Bonchev–Trinajstić information content (AvgIpc) is 3.55. The van der Waals surface area contributed by atoms with Crippen LogP contribution in [0.5, 0.6) is 11.5 Å². The van der Waals surface area contributed by atoms with Gasteiger partial charge in [-0.15, -0.1) is 0 Å². The Bertz CT molecular complexity index is 1030. The zero-order valence-electron chi connectivity index (χ0n) is 17.7. The van der Waals surface area contributed by atoms with E-state index in [1.54, 1.807) is 7.11 Å². The van der Waals surface area contributed by atoms with Crippen molar-refractivity contribution in [3.8, 4) is 11.5 Å². The molecule has 3 aromatic carbocycles. The van der Waals surface area contributed by atoms with E-state index in [0.29, 0.717) is 12.2 Å². The maximum Gasteiger partial charge on any atom is 0.317 e. The van der Waals surface area contributed by atoms with Crippen molar-refractivity contribution >= 4 is 5.97 Å². The maximum absolute atomic E-state index is 13.3. The Morgan fingerprint density at radius 2 is 1.42 bits per heavy atom. The highest BCUT2D eigenvalue weighted by Crippen LogP contribution is 2.69. The van der Waals surface area contributed by atoms with E-state index in [9.17, 15) is 4.79 Å². The average molecular weight is 418 g/mol. The lowest BCUT2D eigenvalue weighted by Crippen LogP contribution is -2.32. The van der Waals surface area contributed by atoms with Crippen LogP contribution in [0.2, 0.25) is 0 Å². The molecule has 0 amide bonds. The zero-order chi connectivity index (χ0) is 21.9. The molecular weight excluding hydrogens is 392 g/mol. The normalized spacial score (nSPS) is 21.9. The van der Waals surface area contributed by atoms with E-state index in [2.05, 4.69) is 12.1 Å². The minimum atomic E-state index is -0.844. The first kappa shape index (κ1) is 20.9. The molecule has 0 saturated heterocycles. The number of benzene rings is 3. The fraction of sp³-hybridized carbons (Fsp3) is 0.269. The lowest BCUT2D eigenvalue weighted by molar-refractivity contribution is -0.144. The van der Waals surface area contributed by atoms with Gasteiger partial charge in [-0.2, -0.15) is 0 Å². The van der Waals surface area contributed by atoms with E-state index in [1.807, 2.05) is 66.7 Å². The molecule has 1 N–H and O–H groups in total. The number of rotatable bonds is 8. The van der Waals surface area contributed by atoms with Crippen LogP contribution in [0.3, 0.4) is 0 Å². The Hall–Kier alpha value is -3.31. The van der Waals surface area contributed by atoms with Crippen molar-refractivity contribution in [2.45, 2.75) is 17.3 Å². The Labute approximate surface area is 182 Å². The van der Waals surface area contributed by atoms with Crippen LogP contribution in [0, 0.1) is 0 Å². The van der Waals surface area contributed by atoms with Gasteiger partial charge in [0, 0.05) is 5.41 Å². The van der Waals surface area contributed by atoms with Gasteiger partial charge in [-0.1, -0.05) is 54.6 Å². The van der Waals surface area contributed by atoms with Crippen molar-refractivity contribution in [1.82, 2.24) is 0 Å². The summed E-state index contributed by atoms with van der Waals surface area (Å²) in [7, 11) is 3.06. The number of hydrogen-bond donors (Lipinski definition) is 1. The predicted octanol–water partition coefficient (Wildman–Crippen LogP) is 3.87. The smallest absolute Gasteiger partial charge is 0.317 e.